The van der Waals surface area contributed by atoms with E-state index in [1.165, 1.54) is 11.1 Å². The fourth-order valence-corrected chi connectivity index (χ4v) is 4.84. The lowest BCUT2D eigenvalue weighted by molar-refractivity contribution is 0.360. The summed E-state index contributed by atoms with van der Waals surface area (Å²) in [7, 11) is -9.63. The largest absolute Gasteiger partial charge is 0.346 e. The van der Waals surface area contributed by atoms with Crippen molar-refractivity contribution in [2.24, 2.45) is 0 Å². The van der Waals surface area contributed by atoms with Crippen molar-refractivity contribution in [3.63, 3.8) is 0 Å². The summed E-state index contributed by atoms with van der Waals surface area (Å²) in [5, 5.41) is 0. The molecule has 0 heterocycles. The van der Waals surface area contributed by atoms with Crippen molar-refractivity contribution in [3.05, 3.63) is 34.9 Å². The van der Waals surface area contributed by atoms with E-state index in [1.54, 1.807) is 0 Å². The zero-order valence-electron chi connectivity index (χ0n) is 16.2. The third kappa shape index (κ3) is 12.6. The van der Waals surface area contributed by atoms with E-state index in [1.807, 2.05) is 13.0 Å². The SMILES string of the molecule is CC(C)=CCC/C(C)=C/CC/C(C)=C/CCCC(P(=O)(O)O)S(=O)(=O)O. The Morgan fingerprint density at radius 3 is 1.81 bits per heavy atom. The van der Waals surface area contributed by atoms with E-state index in [0.717, 1.165) is 31.3 Å². The maximum absolute atomic E-state index is 11.2. The highest BCUT2D eigenvalue weighted by Gasteiger charge is 2.38. The molecule has 1 atom stereocenters. The van der Waals surface area contributed by atoms with Gasteiger partial charge in [-0.2, -0.15) is 8.42 Å². The molecule has 6 nitrogen and oxygen atoms in total. The molecule has 0 rings (SSSR count). The monoisotopic (exact) mass is 408 g/mol. The third-order valence-corrected chi connectivity index (χ3v) is 7.54. The van der Waals surface area contributed by atoms with Gasteiger partial charge in [0.2, 0.25) is 0 Å². The Bertz CT molecular complexity index is 666. The highest BCUT2D eigenvalue weighted by Crippen LogP contribution is 2.46. The van der Waals surface area contributed by atoms with Crippen LogP contribution in [-0.2, 0) is 14.7 Å². The minimum Gasteiger partial charge on any atom is -0.323 e. The molecule has 3 N–H and O–H groups in total. The molecule has 0 aromatic rings. The van der Waals surface area contributed by atoms with Crippen LogP contribution in [0.25, 0.3) is 0 Å². The predicted molar refractivity (Wildman–Crippen MR) is 107 cm³/mol. The lowest BCUT2D eigenvalue weighted by atomic mass is 10.1. The first-order valence-electron chi connectivity index (χ1n) is 8.80. The van der Waals surface area contributed by atoms with E-state index in [4.69, 9.17) is 14.3 Å². The maximum atomic E-state index is 11.2. The van der Waals surface area contributed by atoms with E-state index in [2.05, 4.69) is 32.9 Å². The molecule has 8 heteroatoms. The minimum absolute atomic E-state index is 0.268. The topological polar surface area (TPSA) is 112 Å². The number of hydrogen-bond acceptors (Lipinski definition) is 3. The Kier molecular flexibility index (Phi) is 11.6. The molecule has 0 aromatic carbocycles. The molecule has 0 fully saturated rings. The number of rotatable bonds is 12. The molecule has 0 radical (unpaired) electrons. The highest BCUT2D eigenvalue weighted by molar-refractivity contribution is 7.93. The highest BCUT2D eigenvalue weighted by atomic mass is 32.2. The van der Waals surface area contributed by atoms with Crippen molar-refractivity contribution in [3.8, 4) is 0 Å². The second-order valence-corrected chi connectivity index (χ2v) is 10.7. The van der Waals surface area contributed by atoms with Gasteiger partial charge in [-0.25, -0.2) is 0 Å². The van der Waals surface area contributed by atoms with Crippen LogP contribution in [0.2, 0.25) is 0 Å². The van der Waals surface area contributed by atoms with Crippen LogP contribution in [0.1, 0.15) is 72.6 Å². The average Bonchev–Trinajstić information content (AvgIpc) is 2.43. The second-order valence-electron chi connectivity index (χ2n) is 6.95. The van der Waals surface area contributed by atoms with E-state index in [9.17, 15) is 13.0 Å². The summed E-state index contributed by atoms with van der Waals surface area (Å²) < 4.78 is 42.2. The summed E-state index contributed by atoms with van der Waals surface area (Å²) >= 11 is 0. The van der Waals surface area contributed by atoms with Crippen LogP contribution in [-0.4, -0.2) is 27.7 Å². The van der Waals surface area contributed by atoms with Crippen molar-refractivity contribution in [2.45, 2.75) is 77.6 Å². The van der Waals surface area contributed by atoms with E-state index in [0.29, 0.717) is 6.42 Å². The summed E-state index contributed by atoms with van der Waals surface area (Å²) in [5.41, 5.74) is 3.83. The Morgan fingerprint density at radius 1 is 0.923 bits per heavy atom. The summed E-state index contributed by atoms with van der Waals surface area (Å²) in [6.45, 7) is 8.28. The van der Waals surface area contributed by atoms with Gasteiger partial charge in [-0.15, -0.1) is 0 Å². The van der Waals surface area contributed by atoms with E-state index in [-0.39, 0.29) is 12.8 Å². The van der Waals surface area contributed by atoms with Gasteiger partial charge in [0.25, 0.3) is 10.1 Å². The summed E-state index contributed by atoms with van der Waals surface area (Å²) in [6.07, 6.45) is 10.8. The van der Waals surface area contributed by atoms with Crippen LogP contribution in [0.3, 0.4) is 0 Å². The second kappa shape index (κ2) is 11.9. The van der Waals surface area contributed by atoms with Gasteiger partial charge in [0.05, 0.1) is 0 Å². The van der Waals surface area contributed by atoms with Gasteiger partial charge in [-0.1, -0.05) is 34.9 Å². The molecule has 0 aliphatic heterocycles. The Balaban J connectivity index is 4.30. The van der Waals surface area contributed by atoms with Crippen LogP contribution in [0.15, 0.2) is 34.9 Å². The smallest absolute Gasteiger partial charge is 0.323 e. The van der Waals surface area contributed by atoms with Crippen molar-refractivity contribution in [1.29, 1.82) is 0 Å². The Labute approximate surface area is 158 Å². The molecule has 152 valence electrons. The van der Waals surface area contributed by atoms with E-state index < -0.39 is 22.7 Å². The molecule has 0 aromatic heterocycles. The van der Waals surface area contributed by atoms with Crippen molar-refractivity contribution < 1.29 is 27.3 Å². The zero-order valence-corrected chi connectivity index (χ0v) is 17.9. The maximum Gasteiger partial charge on any atom is 0.346 e. The lowest BCUT2D eigenvalue weighted by Gasteiger charge is -2.14. The van der Waals surface area contributed by atoms with Gasteiger partial charge in [-0.05, 0) is 72.6 Å². The number of allylic oxidation sites excluding steroid dienone is 6. The number of hydrogen-bond donors (Lipinski definition) is 3. The van der Waals surface area contributed by atoms with Crippen molar-refractivity contribution in [1.82, 2.24) is 0 Å². The van der Waals surface area contributed by atoms with E-state index >= 15 is 0 Å². The van der Waals surface area contributed by atoms with Crippen LogP contribution in [0.4, 0.5) is 0 Å². The Hall–Kier alpha value is -0.720. The van der Waals surface area contributed by atoms with Gasteiger partial charge < -0.3 is 9.79 Å². The minimum atomic E-state index is -4.88. The molecule has 0 amide bonds. The molecular formula is C18H33O6PS. The molecule has 0 saturated carbocycles. The molecule has 1 unspecified atom stereocenters. The quantitative estimate of drug-likeness (QED) is 0.182. The standard InChI is InChI=1S/C18H33O6PS/c1-15(2)9-7-11-17(4)13-8-12-16(3)10-5-6-14-18(25(19,20)21)26(22,23)24/h9-10,13,18H,5-8,11-12,14H2,1-4H3,(H2,19,20,21)(H,22,23,24)/b16-10+,17-13+. The van der Waals surface area contributed by atoms with Gasteiger partial charge >= 0.3 is 7.60 Å². The fraction of sp³-hybridized carbons (Fsp3) is 0.667. The first-order chi connectivity index (χ1) is 11.8. The Morgan fingerprint density at radius 2 is 1.38 bits per heavy atom. The predicted octanol–water partition coefficient (Wildman–Crippen LogP) is 4.97. The molecule has 0 aliphatic rings. The first-order valence-corrected chi connectivity index (χ1v) is 12.0. The first kappa shape index (κ1) is 25.3. The van der Waals surface area contributed by atoms with Gasteiger partial charge in [-0.3, -0.25) is 9.12 Å². The normalized spacial score (nSPS) is 15.0. The lowest BCUT2D eigenvalue weighted by Crippen LogP contribution is -2.20. The summed E-state index contributed by atoms with van der Waals surface area (Å²) in [4.78, 5) is 16.0. The third-order valence-electron chi connectivity index (χ3n) is 3.99. The van der Waals surface area contributed by atoms with Gasteiger partial charge in [0, 0.05) is 0 Å². The molecule has 26 heavy (non-hydrogen) atoms. The van der Waals surface area contributed by atoms with Crippen LogP contribution in [0.5, 0.6) is 0 Å². The average molecular weight is 408 g/mol. The molecule has 0 spiro atoms. The summed E-state index contributed by atoms with van der Waals surface area (Å²) in [6, 6.07) is 0. The molecule has 0 aliphatic carbocycles. The fourth-order valence-electron chi connectivity index (χ4n) is 2.47. The van der Waals surface area contributed by atoms with Crippen LogP contribution in [0, 0.1) is 0 Å². The van der Waals surface area contributed by atoms with Crippen LogP contribution < -0.4 is 0 Å². The molecular weight excluding hydrogens is 375 g/mol. The molecule has 0 saturated heterocycles. The number of unbranched alkanes of at least 4 members (excludes halogenated alkanes) is 1. The van der Waals surface area contributed by atoms with Gasteiger partial charge in [0.1, 0.15) is 0 Å². The van der Waals surface area contributed by atoms with Crippen molar-refractivity contribution >= 4 is 17.7 Å². The zero-order chi connectivity index (χ0) is 20.4. The van der Waals surface area contributed by atoms with Crippen molar-refractivity contribution in [2.75, 3.05) is 0 Å². The summed E-state index contributed by atoms with van der Waals surface area (Å²) in [5.74, 6) is 0. The van der Waals surface area contributed by atoms with Crippen LogP contribution >= 0.6 is 7.60 Å². The molecule has 0 bridgehead atoms. The van der Waals surface area contributed by atoms with Gasteiger partial charge in [0.15, 0.2) is 4.99 Å².